The molecule has 1 aromatic heterocycles. The highest BCUT2D eigenvalue weighted by Gasteiger charge is 2.13. The average Bonchev–Trinajstić information content (AvgIpc) is 3.02. The number of aromatic nitrogens is 3. The zero-order valence-corrected chi connectivity index (χ0v) is 16.1. The molecule has 2 aromatic carbocycles. The van der Waals surface area contributed by atoms with E-state index in [-0.39, 0.29) is 5.82 Å². The fraction of sp³-hybridized carbons (Fsp3) is 0.263. The van der Waals surface area contributed by atoms with Gasteiger partial charge in [0.05, 0.1) is 0 Å². The third kappa shape index (κ3) is 4.37. The summed E-state index contributed by atoms with van der Waals surface area (Å²) in [6.45, 7) is 5.13. The quantitative estimate of drug-likeness (QED) is 0.514. The fourth-order valence-electron chi connectivity index (χ4n) is 2.49. The molecule has 0 aliphatic heterocycles. The van der Waals surface area contributed by atoms with E-state index >= 15 is 0 Å². The Balaban J connectivity index is 1.68. The third-order valence-corrected chi connectivity index (χ3v) is 5.30. The van der Waals surface area contributed by atoms with Crippen LogP contribution >= 0.6 is 23.4 Å². The Morgan fingerprint density at radius 2 is 2.00 bits per heavy atom. The lowest BCUT2D eigenvalue weighted by Gasteiger charge is -2.10. The molecule has 0 unspecified atom stereocenters. The Morgan fingerprint density at radius 1 is 1.19 bits per heavy atom. The molecule has 7 heteroatoms. The number of halogens is 2. The van der Waals surface area contributed by atoms with Crippen LogP contribution in [0, 0.1) is 12.7 Å². The van der Waals surface area contributed by atoms with Crippen LogP contribution in [0.25, 0.3) is 0 Å². The van der Waals surface area contributed by atoms with Crippen molar-refractivity contribution >= 4 is 23.4 Å². The minimum absolute atomic E-state index is 0.337. The van der Waals surface area contributed by atoms with Crippen molar-refractivity contribution in [1.82, 2.24) is 14.8 Å². The molecule has 26 heavy (non-hydrogen) atoms. The van der Waals surface area contributed by atoms with Crippen molar-refractivity contribution in [2.75, 3.05) is 0 Å². The molecule has 3 aromatic rings. The molecular formula is C19H19ClFN3OS. The van der Waals surface area contributed by atoms with Crippen molar-refractivity contribution in [3.8, 4) is 5.75 Å². The first-order valence-electron chi connectivity index (χ1n) is 8.25. The van der Waals surface area contributed by atoms with E-state index in [1.54, 1.807) is 6.07 Å². The summed E-state index contributed by atoms with van der Waals surface area (Å²) in [7, 11) is 0. The lowest BCUT2D eigenvalue weighted by molar-refractivity contribution is 0.286. The predicted octanol–water partition coefficient (Wildman–Crippen LogP) is 5.27. The maximum absolute atomic E-state index is 13.2. The highest BCUT2D eigenvalue weighted by molar-refractivity contribution is 7.98. The number of rotatable bonds is 7. The summed E-state index contributed by atoms with van der Waals surface area (Å²) in [5.41, 5.74) is 1.94. The summed E-state index contributed by atoms with van der Waals surface area (Å²) < 4.78 is 21.0. The summed E-state index contributed by atoms with van der Waals surface area (Å²) in [5, 5.41) is 9.73. The van der Waals surface area contributed by atoms with Gasteiger partial charge >= 0.3 is 0 Å². The van der Waals surface area contributed by atoms with Gasteiger partial charge in [-0.1, -0.05) is 47.6 Å². The van der Waals surface area contributed by atoms with Gasteiger partial charge < -0.3 is 9.30 Å². The molecule has 1 heterocycles. The zero-order valence-electron chi connectivity index (χ0n) is 14.6. The van der Waals surface area contributed by atoms with E-state index in [9.17, 15) is 4.39 Å². The normalized spacial score (nSPS) is 10.9. The van der Waals surface area contributed by atoms with E-state index in [4.69, 9.17) is 16.3 Å². The Morgan fingerprint density at radius 3 is 2.73 bits per heavy atom. The Hall–Kier alpha value is -2.05. The zero-order chi connectivity index (χ0) is 18.5. The van der Waals surface area contributed by atoms with Crippen molar-refractivity contribution in [2.45, 2.75) is 37.9 Å². The molecule has 0 amide bonds. The minimum atomic E-state index is -0.337. The van der Waals surface area contributed by atoms with Crippen LogP contribution in [0.3, 0.4) is 0 Å². The molecule has 0 spiro atoms. The topological polar surface area (TPSA) is 39.9 Å². The second kappa shape index (κ2) is 8.56. The van der Waals surface area contributed by atoms with Gasteiger partial charge in [-0.2, -0.15) is 0 Å². The molecule has 0 bridgehead atoms. The molecule has 0 aliphatic carbocycles. The first kappa shape index (κ1) is 18.7. The van der Waals surface area contributed by atoms with Crippen LogP contribution in [-0.2, 0) is 18.9 Å². The van der Waals surface area contributed by atoms with Gasteiger partial charge in [0, 0.05) is 17.3 Å². The SMILES string of the molecule is CCn1c(COc2ccccc2C)nnc1SCc1ccc(F)cc1Cl. The number of ether oxygens (including phenoxy) is 1. The van der Waals surface area contributed by atoms with E-state index in [2.05, 4.69) is 10.2 Å². The molecule has 0 radical (unpaired) electrons. The van der Waals surface area contributed by atoms with Crippen LogP contribution in [0.4, 0.5) is 4.39 Å². The van der Waals surface area contributed by atoms with Gasteiger partial charge in [0.2, 0.25) is 0 Å². The number of thioether (sulfide) groups is 1. The van der Waals surface area contributed by atoms with Gasteiger partial charge in [-0.05, 0) is 43.2 Å². The molecule has 0 saturated heterocycles. The molecule has 0 aliphatic rings. The standard InChI is InChI=1S/C19H19ClFN3OS/c1-3-24-18(11-25-17-7-5-4-6-13(17)2)22-23-19(24)26-12-14-8-9-15(21)10-16(14)20/h4-10H,3,11-12H2,1-2H3. The van der Waals surface area contributed by atoms with Crippen molar-refractivity contribution in [2.24, 2.45) is 0 Å². The summed E-state index contributed by atoms with van der Waals surface area (Å²) in [6, 6.07) is 12.3. The molecule has 136 valence electrons. The van der Waals surface area contributed by atoms with E-state index < -0.39 is 0 Å². The van der Waals surface area contributed by atoms with Crippen molar-refractivity contribution in [3.63, 3.8) is 0 Å². The van der Waals surface area contributed by atoms with Crippen molar-refractivity contribution in [3.05, 3.63) is 70.3 Å². The lowest BCUT2D eigenvalue weighted by atomic mass is 10.2. The van der Waals surface area contributed by atoms with Crippen molar-refractivity contribution in [1.29, 1.82) is 0 Å². The Bertz CT molecular complexity index is 900. The highest BCUT2D eigenvalue weighted by Crippen LogP contribution is 2.27. The van der Waals surface area contributed by atoms with Gasteiger partial charge in [-0.3, -0.25) is 0 Å². The first-order valence-corrected chi connectivity index (χ1v) is 9.62. The van der Waals surface area contributed by atoms with E-state index in [1.165, 1.54) is 23.9 Å². The number of nitrogens with zero attached hydrogens (tertiary/aromatic N) is 3. The highest BCUT2D eigenvalue weighted by atomic mass is 35.5. The molecule has 0 atom stereocenters. The molecule has 4 nitrogen and oxygen atoms in total. The van der Waals surface area contributed by atoms with Crippen LogP contribution in [0.2, 0.25) is 5.02 Å². The summed E-state index contributed by atoms with van der Waals surface area (Å²) >= 11 is 7.61. The minimum Gasteiger partial charge on any atom is -0.485 e. The van der Waals surface area contributed by atoms with Crippen molar-refractivity contribution < 1.29 is 9.13 Å². The maximum atomic E-state index is 13.2. The smallest absolute Gasteiger partial charge is 0.191 e. The average molecular weight is 392 g/mol. The largest absolute Gasteiger partial charge is 0.485 e. The molecule has 0 N–H and O–H groups in total. The van der Waals surface area contributed by atoms with E-state index in [1.807, 2.05) is 42.7 Å². The number of para-hydroxylation sites is 1. The monoisotopic (exact) mass is 391 g/mol. The number of hydrogen-bond donors (Lipinski definition) is 0. The second-order valence-corrected chi connectivity index (χ2v) is 7.07. The summed E-state index contributed by atoms with van der Waals surface area (Å²) in [5.74, 6) is 1.86. The van der Waals surface area contributed by atoms with Gasteiger partial charge in [-0.25, -0.2) is 4.39 Å². The summed E-state index contributed by atoms with van der Waals surface area (Å²) in [6.07, 6.45) is 0. The van der Waals surface area contributed by atoms with Crippen LogP contribution in [0.15, 0.2) is 47.6 Å². The number of aryl methyl sites for hydroxylation is 1. The molecule has 0 fully saturated rings. The van der Waals surface area contributed by atoms with Gasteiger partial charge in [0.25, 0.3) is 0 Å². The Labute approximate surface area is 161 Å². The first-order chi connectivity index (χ1) is 12.6. The van der Waals surface area contributed by atoms with Crippen LogP contribution in [0.1, 0.15) is 23.9 Å². The van der Waals surface area contributed by atoms with Gasteiger partial charge in [-0.15, -0.1) is 10.2 Å². The van der Waals surface area contributed by atoms with Crippen LogP contribution in [0.5, 0.6) is 5.75 Å². The lowest BCUT2D eigenvalue weighted by Crippen LogP contribution is -2.07. The number of benzene rings is 2. The third-order valence-electron chi connectivity index (χ3n) is 3.93. The number of hydrogen-bond acceptors (Lipinski definition) is 4. The fourth-order valence-corrected chi connectivity index (χ4v) is 3.83. The maximum Gasteiger partial charge on any atom is 0.191 e. The Kier molecular flexibility index (Phi) is 6.16. The molecule has 3 rings (SSSR count). The predicted molar refractivity (Wildman–Crippen MR) is 102 cm³/mol. The molecule has 0 saturated carbocycles. The second-order valence-electron chi connectivity index (χ2n) is 5.72. The van der Waals surface area contributed by atoms with E-state index in [0.717, 1.165) is 34.4 Å². The molecular weight excluding hydrogens is 373 g/mol. The van der Waals surface area contributed by atoms with Crippen LogP contribution < -0.4 is 4.74 Å². The van der Waals surface area contributed by atoms with E-state index in [0.29, 0.717) is 17.4 Å². The van der Waals surface area contributed by atoms with Gasteiger partial charge in [0.1, 0.15) is 18.2 Å². The van der Waals surface area contributed by atoms with Crippen LogP contribution in [-0.4, -0.2) is 14.8 Å². The van der Waals surface area contributed by atoms with Gasteiger partial charge in [0.15, 0.2) is 11.0 Å². The summed E-state index contributed by atoms with van der Waals surface area (Å²) in [4.78, 5) is 0.